The fourth-order valence-electron chi connectivity index (χ4n) is 2.47. The van der Waals surface area contributed by atoms with Gasteiger partial charge in [0, 0.05) is 6.04 Å². The average Bonchev–Trinajstić information content (AvgIpc) is 3.42. The van der Waals surface area contributed by atoms with Crippen LogP contribution < -0.4 is 14.8 Å². The Kier molecular flexibility index (Phi) is 5.54. The molecule has 122 valence electrons. The van der Waals surface area contributed by atoms with Gasteiger partial charge in [-0.2, -0.15) is 0 Å². The summed E-state index contributed by atoms with van der Waals surface area (Å²) in [6.45, 7) is 4.44. The molecular weight excluding hydrogens is 286 g/mol. The van der Waals surface area contributed by atoms with Crippen LogP contribution in [0.5, 0.6) is 11.5 Å². The van der Waals surface area contributed by atoms with Crippen molar-refractivity contribution in [1.29, 1.82) is 0 Å². The van der Waals surface area contributed by atoms with Gasteiger partial charge in [0.2, 0.25) is 0 Å². The van der Waals surface area contributed by atoms with Crippen LogP contribution in [-0.2, 0) is 0 Å². The third kappa shape index (κ3) is 5.29. The molecule has 1 atom stereocenters. The fraction of sp³-hybridized carbons (Fsp3) is 0.400. The quantitative estimate of drug-likeness (QED) is 0.704. The van der Waals surface area contributed by atoms with E-state index in [0.717, 1.165) is 24.0 Å². The third-order valence-corrected chi connectivity index (χ3v) is 4.15. The third-order valence-electron chi connectivity index (χ3n) is 4.15. The lowest BCUT2D eigenvalue weighted by molar-refractivity contribution is 0.217. The van der Waals surface area contributed by atoms with Crippen molar-refractivity contribution >= 4 is 0 Å². The highest BCUT2D eigenvalue weighted by atomic mass is 16.5. The molecule has 3 heteroatoms. The van der Waals surface area contributed by atoms with E-state index < -0.39 is 0 Å². The molecule has 3 rings (SSSR count). The standard InChI is InChI=1S/C20H25NO2/c1-16(21-15-17-7-8-17)18-9-11-20(12-10-18)23-14-13-22-19-5-3-2-4-6-19/h2-6,9-12,16-17,21H,7-8,13-15H2,1H3. The largest absolute Gasteiger partial charge is 0.490 e. The molecule has 0 amide bonds. The van der Waals surface area contributed by atoms with Crippen molar-refractivity contribution in [2.24, 2.45) is 5.92 Å². The lowest BCUT2D eigenvalue weighted by Crippen LogP contribution is -2.20. The monoisotopic (exact) mass is 311 g/mol. The van der Waals surface area contributed by atoms with E-state index in [2.05, 4.69) is 24.4 Å². The molecule has 0 spiro atoms. The number of hydrogen-bond acceptors (Lipinski definition) is 3. The number of benzene rings is 2. The molecule has 2 aromatic rings. The number of nitrogens with one attached hydrogen (secondary N) is 1. The number of ether oxygens (including phenoxy) is 2. The number of para-hydroxylation sites is 1. The van der Waals surface area contributed by atoms with Gasteiger partial charge in [0.1, 0.15) is 24.7 Å². The summed E-state index contributed by atoms with van der Waals surface area (Å²) in [7, 11) is 0. The highest BCUT2D eigenvalue weighted by molar-refractivity contribution is 5.29. The SMILES string of the molecule is CC(NCC1CC1)c1ccc(OCCOc2ccccc2)cc1. The van der Waals surface area contributed by atoms with E-state index in [1.807, 2.05) is 42.5 Å². The minimum atomic E-state index is 0.395. The highest BCUT2D eigenvalue weighted by Gasteiger charge is 2.21. The lowest BCUT2D eigenvalue weighted by Gasteiger charge is -2.15. The van der Waals surface area contributed by atoms with Crippen LogP contribution in [-0.4, -0.2) is 19.8 Å². The predicted octanol–water partition coefficient (Wildman–Crippen LogP) is 4.21. The van der Waals surface area contributed by atoms with Gasteiger partial charge in [-0.3, -0.25) is 0 Å². The Hall–Kier alpha value is -2.00. The maximum atomic E-state index is 5.73. The summed E-state index contributed by atoms with van der Waals surface area (Å²) in [4.78, 5) is 0. The van der Waals surface area contributed by atoms with E-state index in [9.17, 15) is 0 Å². The normalized spacial score (nSPS) is 15.2. The summed E-state index contributed by atoms with van der Waals surface area (Å²) in [5, 5.41) is 3.59. The molecule has 0 radical (unpaired) electrons. The van der Waals surface area contributed by atoms with Gasteiger partial charge in [-0.05, 0) is 62.1 Å². The van der Waals surface area contributed by atoms with Gasteiger partial charge < -0.3 is 14.8 Å². The Labute approximate surface area is 138 Å². The van der Waals surface area contributed by atoms with Crippen LogP contribution in [0.1, 0.15) is 31.4 Å². The van der Waals surface area contributed by atoms with E-state index in [0.29, 0.717) is 19.3 Å². The van der Waals surface area contributed by atoms with E-state index in [4.69, 9.17) is 9.47 Å². The number of hydrogen-bond donors (Lipinski definition) is 1. The van der Waals surface area contributed by atoms with E-state index >= 15 is 0 Å². The van der Waals surface area contributed by atoms with Crippen molar-refractivity contribution in [2.45, 2.75) is 25.8 Å². The molecular formula is C20H25NO2. The second-order valence-electron chi connectivity index (χ2n) is 6.15. The Morgan fingerprint density at radius 3 is 2.13 bits per heavy atom. The van der Waals surface area contributed by atoms with Crippen molar-refractivity contribution in [3.63, 3.8) is 0 Å². The van der Waals surface area contributed by atoms with Crippen molar-refractivity contribution in [3.8, 4) is 11.5 Å². The molecule has 1 N–H and O–H groups in total. The molecule has 1 fully saturated rings. The molecule has 3 nitrogen and oxygen atoms in total. The van der Waals surface area contributed by atoms with Gasteiger partial charge in [0.25, 0.3) is 0 Å². The second-order valence-corrected chi connectivity index (χ2v) is 6.15. The highest BCUT2D eigenvalue weighted by Crippen LogP contribution is 2.28. The maximum absolute atomic E-state index is 5.73. The first-order valence-corrected chi connectivity index (χ1v) is 8.45. The summed E-state index contributed by atoms with van der Waals surface area (Å²) in [6, 6.07) is 18.5. The molecule has 1 saturated carbocycles. The van der Waals surface area contributed by atoms with Gasteiger partial charge in [-0.15, -0.1) is 0 Å². The molecule has 1 aliphatic rings. The molecule has 0 heterocycles. The topological polar surface area (TPSA) is 30.5 Å². The van der Waals surface area contributed by atoms with Crippen LogP contribution >= 0.6 is 0 Å². The first kappa shape index (κ1) is 15.9. The molecule has 0 saturated heterocycles. The molecule has 1 unspecified atom stereocenters. The van der Waals surface area contributed by atoms with Crippen LogP contribution in [0, 0.1) is 5.92 Å². The summed E-state index contributed by atoms with van der Waals surface area (Å²) in [5.41, 5.74) is 1.30. The predicted molar refractivity (Wildman–Crippen MR) is 93.0 cm³/mol. The zero-order valence-electron chi connectivity index (χ0n) is 13.7. The molecule has 23 heavy (non-hydrogen) atoms. The second kappa shape index (κ2) is 8.02. The maximum Gasteiger partial charge on any atom is 0.122 e. The molecule has 0 aromatic heterocycles. The molecule has 0 bridgehead atoms. The first-order valence-electron chi connectivity index (χ1n) is 8.45. The summed E-state index contributed by atoms with van der Waals surface area (Å²) in [6.07, 6.45) is 2.77. The van der Waals surface area contributed by atoms with Gasteiger partial charge in [0.15, 0.2) is 0 Å². The van der Waals surface area contributed by atoms with Crippen molar-refractivity contribution in [2.75, 3.05) is 19.8 Å². The van der Waals surface area contributed by atoms with Crippen LogP contribution in [0.25, 0.3) is 0 Å². The van der Waals surface area contributed by atoms with Gasteiger partial charge >= 0.3 is 0 Å². The molecule has 1 aliphatic carbocycles. The number of rotatable bonds is 9. The zero-order chi connectivity index (χ0) is 15.9. The van der Waals surface area contributed by atoms with E-state index in [1.54, 1.807) is 0 Å². The fourth-order valence-corrected chi connectivity index (χ4v) is 2.47. The van der Waals surface area contributed by atoms with E-state index in [-0.39, 0.29) is 0 Å². The van der Waals surface area contributed by atoms with Crippen LogP contribution in [0.4, 0.5) is 0 Å². The van der Waals surface area contributed by atoms with Crippen LogP contribution in [0.3, 0.4) is 0 Å². The van der Waals surface area contributed by atoms with E-state index in [1.165, 1.54) is 18.4 Å². The summed E-state index contributed by atoms with van der Waals surface area (Å²) < 4.78 is 11.3. The first-order chi connectivity index (χ1) is 11.3. The van der Waals surface area contributed by atoms with Gasteiger partial charge in [-0.25, -0.2) is 0 Å². The smallest absolute Gasteiger partial charge is 0.122 e. The Morgan fingerprint density at radius 2 is 1.52 bits per heavy atom. The summed E-state index contributed by atoms with van der Waals surface area (Å²) >= 11 is 0. The van der Waals surface area contributed by atoms with Crippen molar-refractivity contribution in [3.05, 3.63) is 60.2 Å². The molecule has 0 aliphatic heterocycles. The molecule has 2 aromatic carbocycles. The minimum Gasteiger partial charge on any atom is -0.490 e. The Balaban J connectivity index is 1.38. The Bertz CT molecular complexity index is 578. The van der Waals surface area contributed by atoms with Gasteiger partial charge in [0.05, 0.1) is 0 Å². The lowest BCUT2D eigenvalue weighted by atomic mass is 10.1. The van der Waals surface area contributed by atoms with Crippen molar-refractivity contribution in [1.82, 2.24) is 5.32 Å². The van der Waals surface area contributed by atoms with Gasteiger partial charge in [-0.1, -0.05) is 30.3 Å². The zero-order valence-corrected chi connectivity index (χ0v) is 13.7. The van der Waals surface area contributed by atoms with Crippen LogP contribution in [0.15, 0.2) is 54.6 Å². The van der Waals surface area contributed by atoms with Crippen molar-refractivity contribution < 1.29 is 9.47 Å². The minimum absolute atomic E-state index is 0.395. The average molecular weight is 311 g/mol. The summed E-state index contributed by atoms with van der Waals surface area (Å²) in [5.74, 6) is 2.67. The Morgan fingerprint density at radius 1 is 0.913 bits per heavy atom. The van der Waals surface area contributed by atoms with Crippen LogP contribution in [0.2, 0.25) is 0 Å².